The Balaban J connectivity index is 2.09. The summed E-state index contributed by atoms with van der Waals surface area (Å²) in [5.74, 6) is -1.48. The normalized spacial score (nSPS) is 9.96. The fraction of sp³-hybridized carbons (Fsp3) is 0.167. The molecule has 0 saturated carbocycles. The predicted molar refractivity (Wildman–Crippen MR) is 100 cm³/mol. The molecule has 0 aromatic heterocycles. The first kappa shape index (κ1) is 19.5. The smallest absolute Gasteiger partial charge is 0.337 e. The van der Waals surface area contributed by atoms with Crippen molar-refractivity contribution in [3.63, 3.8) is 0 Å². The SMILES string of the molecule is COC(=O)c1cc(NCC(=O)Nc2ccc(Br)cc2)cc(C(=O)OC)c1. The first-order chi connectivity index (χ1) is 12.4. The molecule has 0 aliphatic heterocycles. The van der Waals surface area contributed by atoms with Gasteiger partial charge in [-0.05, 0) is 42.5 Å². The summed E-state index contributed by atoms with van der Waals surface area (Å²) in [5.41, 5.74) is 1.41. The highest BCUT2D eigenvalue weighted by Crippen LogP contribution is 2.17. The summed E-state index contributed by atoms with van der Waals surface area (Å²) in [7, 11) is 2.48. The molecule has 136 valence electrons. The standard InChI is InChI=1S/C18H17BrN2O5/c1-25-17(23)11-7-12(18(24)26-2)9-15(8-11)20-10-16(22)21-14-5-3-13(19)4-6-14/h3-9,20H,10H2,1-2H3,(H,21,22). The highest BCUT2D eigenvalue weighted by atomic mass is 79.9. The van der Waals surface area contributed by atoms with E-state index in [-0.39, 0.29) is 23.6 Å². The minimum atomic E-state index is -0.599. The van der Waals surface area contributed by atoms with Crippen molar-refractivity contribution in [1.29, 1.82) is 0 Å². The van der Waals surface area contributed by atoms with Gasteiger partial charge in [-0.25, -0.2) is 9.59 Å². The molecule has 7 nitrogen and oxygen atoms in total. The van der Waals surface area contributed by atoms with Crippen LogP contribution in [0.5, 0.6) is 0 Å². The molecule has 0 radical (unpaired) electrons. The molecule has 0 fully saturated rings. The molecule has 0 atom stereocenters. The predicted octanol–water partition coefficient (Wildman–Crippen LogP) is 3.07. The Hall–Kier alpha value is -2.87. The second-order valence-corrected chi connectivity index (χ2v) is 6.11. The largest absolute Gasteiger partial charge is 0.465 e. The Labute approximate surface area is 158 Å². The zero-order chi connectivity index (χ0) is 19.1. The molecule has 2 aromatic carbocycles. The molecule has 2 rings (SSSR count). The zero-order valence-electron chi connectivity index (χ0n) is 14.2. The number of rotatable bonds is 6. The van der Waals surface area contributed by atoms with Crippen LogP contribution >= 0.6 is 15.9 Å². The maximum Gasteiger partial charge on any atom is 0.337 e. The topological polar surface area (TPSA) is 93.7 Å². The average Bonchev–Trinajstić information content (AvgIpc) is 2.66. The van der Waals surface area contributed by atoms with Crippen molar-refractivity contribution in [3.05, 3.63) is 58.1 Å². The van der Waals surface area contributed by atoms with E-state index in [9.17, 15) is 14.4 Å². The van der Waals surface area contributed by atoms with Gasteiger partial charge in [0.1, 0.15) is 0 Å². The lowest BCUT2D eigenvalue weighted by Crippen LogP contribution is -2.22. The highest BCUT2D eigenvalue weighted by Gasteiger charge is 2.14. The van der Waals surface area contributed by atoms with Gasteiger partial charge in [-0.15, -0.1) is 0 Å². The Morgan fingerprint density at radius 1 is 0.885 bits per heavy atom. The molecule has 1 amide bonds. The molecule has 0 heterocycles. The Morgan fingerprint density at radius 2 is 1.42 bits per heavy atom. The third kappa shape index (κ3) is 5.32. The number of nitrogens with one attached hydrogen (secondary N) is 2. The van der Waals surface area contributed by atoms with Crippen LogP contribution in [0.25, 0.3) is 0 Å². The molecule has 0 saturated heterocycles. The van der Waals surface area contributed by atoms with Gasteiger partial charge in [-0.1, -0.05) is 15.9 Å². The van der Waals surface area contributed by atoms with Gasteiger partial charge < -0.3 is 20.1 Å². The van der Waals surface area contributed by atoms with Crippen molar-refractivity contribution in [2.24, 2.45) is 0 Å². The maximum absolute atomic E-state index is 12.1. The van der Waals surface area contributed by atoms with Crippen LogP contribution in [0.4, 0.5) is 11.4 Å². The van der Waals surface area contributed by atoms with Crippen molar-refractivity contribution in [1.82, 2.24) is 0 Å². The number of carbonyl (C=O) groups excluding carboxylic acids is 3. The van der Waals surface area contributed by atoms with Crippen LogP contribution in [0.3, 0.4) is 0 Å². The first-order valence-electron chi connectivity index (χ1n) is 7.54. The third-order valence-corrected chi connectivity index (χ3v) is 3.88. The van der Waals surface area contributed by atoms with E-state index in [4.69, 9.17) is 0 Å². The van der Waals surface area contributed by atoms with Crippen molar-refractivity contribution < 1.29 is 23.9 Å². The number of hydrogen-bond donors (Lipinski definition) is 2. The van der Waals surface area contributed by atoms with Crippen molar-refractivity contribution in [2.45, 2.75) is 0 Å². The molecule has 8 heteroatoms. The number of methoxy groups -OCH3 is 2. The lowest BCUT2D eigenvalue weighted by Gasteiger charge is -2.11. The molecule has 0 spiro atoms. The van der Waals surface area contributed by atoms with E-state index in [0.717, 1.165) is 4.47 Å². The second kappa shape index (κ2) is 9.00. The van der Waals surface area contributed by atoms with Gasteiger partial charge in [0.25, 0.3) is 0 Å². The Morgan fingerprint density at radius 3 is 1.92 bits per heavy atom. The minimum absolute atomic E-state index is 0.0543. The summed E-state index contributed by atoms with van der Waals surface area (Å²) >= 11 is 3.32. The summed E-state index contributed by atoms with van der Waals surface area (Å²) in [5, 5.41) is 5.61. The molecule has 0 aliphatic carbocycles. The van der Waals surface area contributed by atoms with Crippen LogP contribution < -0.4 is 10.6 Å². The number of esters is 2. The number of hydrogen-bond acceptors (Lipinski definition) is 6. The van der Waals surface area contributed by atoms with Crippen LogP contribution in [-0.4, -0.2) is 38.6 Å². The quantitative estimate of drug-likeness (QED) is 0.697. The number of benzene rings is 2. The number of carbonyl (C=O) groups is 3. The van der Waals surface area contributed by atoms with E-state index in [1.807, 2.05) is 12.1 Å². The van der Waals surface area contributed by atoms with Gasteiger partial charge in [0, 0.05) is 15.8 Å². The van der Waals surface area contributed by atoms with Gasteiger partial charge >= 0.3 is 11.9 Å². The molecule has 0 unspecified atom stereocenters. The molecule has 0 bridgehead atoms. The summed E-state index contributed by atoms with van der Waals surface area (Å²) in [6.07, 6.45) is 0. The lowest BCUT2D eigenvalue weighted by molar-refractivity contribution is -0.114. The number of anilines is 2. The van der Waals surface area contributed by atoms with Crippen molar-refractivity contribution in [2.75, 3.05) is 31.4 Å². The van der Waals surface area contributed by atoms with Gasteiger partial charge in [0.05, 0.1) is 31.9 Å². The van der Waals surface area contributed by atoms with Crippen molar-refractivity contribution >= 4 is 45.2 Å². The maximum atomic E-state index is 12.1. The average molecular weight is 421 g/mol. The lowest BCUT2D eigenvalue weighted by atomic mass is 10.1. The molecular formula is C18H17BrN2O5. The summed E-state index contributed by atoms with van der Waals surface area (Å²) in [4.78, 5) is 35.6. The summed E-state index contributed by atoms with van der Waals surface area (Å²) in [6, 6.07) is 11.5. The Kier molecular flexibility index (Phi) is 6.74. The van der Waals surface area contributed by atoms with E-state index in [0.29, 0.717) is 11.4 Å². The fourth-order valence-corrected chi connectivity index (χ4v) is 2.39. The summed E-state index contributed by atoms with van der Waals surface area (Å²) in [6.45, 7) is -0.0543. The Bertz CT molecular complexity index is 787. The first-order valence-corrected chi connectivity index (χ1v) is 8.33. The third-order valence-electron chi connectivity index (χ3n) is 3.36. The van der Waals surface area contributed by atoms with Crippen molar-refractivity contribution in [3.8, 4) is 0 Å². The van der Waals surface area contributed by atoms with E-state index in [1.54, 1.807) is 12.1 Å². The summed E-state index contributed by atoms with van der Waals surface area (Å²) < 4.78 is 10.2. The highest BCUT2D eigenvalue weighted by molar-refractivity contribution is 9.10. The monoisotopic (exact) mass is 420 g/mol. The van der Waals surface area contributed by atoms with E-state index in [2.05, 4.69) is 36.0 Å². The second-order valence-electron chi connectivity index (χ2n) is 5.19. The van der Waals surface area contributed by atoms with Gasteiger partial charge in [-0.2, -0.15) is 0 Å². The van der Waals surface area contributed by atoms with Gasteiger partial charge in [0.2, 0.25) is 5.91 Å². The fourth-order valence-electron chi connectivity index (χ4n) is 2.12. The zero-order valence-corrected chi connectivity index (χ0v) is 15.8. The van der Waals surface area contributed by atoms with E-state index in [1.165, 1.54) is 32.4 Å². The van der Waals surface area contributed by atoms with Crippen LogP contribution in [-0.2, 0) is 14.3 Å². The van der Waals surface area contributed by atoms with Gasteiger partial charge in [0.15, 0.2) is 0 Å². The van der Waals surface area contributed by atoms with Crippen LogP contribution in [0.2, 0.25) is 0 Å². The number of amides is 1. The van der Waals surface area contributed by atoms with Crippen LogP contribution in [0.15, 0.2) is 46.9 Å². The number of halogens is 1. The number of ether oxygens (including phenoxy) is 2. The van der Waals surface area contributed by atoms with E-state index < -0.39 is 11.9 Å². The van der Waals surface area contributed by atoms with Crippen LogP contribution in [0.1, 0.15) is 20.7 Å². The molecule has 2 N–H and O–H groups in total. The molecule has 0 aliphatic rings. The molecule has 2 aromatic rings. The van der Waals surface area contributed by atoms with Crippen LogP contribution in [0, 0.1) is 0 Å². The van der Waals surface area contributed by atoms with E-state index >= 15 is 0 Å². The van der Waals surface area contributed by atoms with Gasteiger partial charge in [-0.3, -0.25) is 4.79 Å². The minimum Gasteiger partial charge on any atom is -0.465 e. The molecule has 26 heavy (non-hydrogen) atoms. The molecular weight excluding hydrogens is 404 g/mol.